The van der Waals surface area contributed by atoms with Crippen LogP contribution in [0.15, 0.2) is 22.7 Å². The predicted octanol–water partition coefficient (Wildman–Crippen LogP) is 3.79. The maximum atomic E-state index is 13.2. The van der Waals surface area contributed by atoms with Crippen molar-refractivity contribution in [2.75, 3.05) is 19.6 Å². The monoisotopic (exact) mass is 367 g/mol. The summed E-state index contributed by atoms with van der Waals surface area (Å²) in [5.41, 5.74) is 5.40. The molecule has 2 fully saturated rings. The Labute approximate surface area is 161 Å². The summed E-state index contributed by atoms with van der Waals surface area (Å²) in [7, 11) is 0. The number of amides is 1. The molecule has 1 atom stereocenters. The van der Waals surface area contributed by atoms with Gasteiger partial charge in [-0.1, -0.05) is 22.9 Å². The van der Waals surface area contributed by atoms with Crippen molar-refractivity contribution < 1.29 is 9.32 Å². The number of hydrogen-bond donors (Lipinski definition) is 0. The van der Waals surface area contributed by atoms with E-state index in [9.17, 15) is 4.79 Å². The first-order valence-corrected chi connectivity index (χ1v) is 9.93. The summed E-state index contributed by atoms with van der Waals surface area (Å²) in [6, 6.07) is 6.11. The number of likely N-dealkylation sites (tertiary alicyclic amines) is 2. The van der Waals surface area contributed by atoms with E-state index in [0.717, 1.165) is 68.0 Å². The molecule has 1 spiro atoms. The van der Waals surface area contributed by atoms with Crippen molar-refractivity contribution in [2.45, 2.75) is 59.0 Å². The largest absolute Gasteiger partial charge is 0.361 e. The highest BCUT2D eigenvalue weighted by atomic mass is 16.5. The van der Waals surface area contributed by atoms with E-state index in [-0.39, 0.29) is 11.4 Å². The van der Waals surface area contributed by atoms with E-state index in [1.807, 2.05) is 32.9 Å². The fourth-order valence-electron chi connectivity index (χ4n) is 4.72. The van der Waals surface area contributed by atoms with Crippen molar-refractivity contribution >= 4 is 5.91 Å². The van der Waals surface area contributed by atoms with Gasteiger partial charge in [-0.25, -0.2) is 0 Å². The average molecular weight is 367 g/mol. The van der Waals surface area contributed by atoms with E-state index in [2.05, 4.69) is 27.9 Å². The van der Waals surface area contributed by atoms with Crippen molar-refractivity contribution in [3.8, 4) is 0 Å². The molecule has 1 aromatic carbocycles. The number of piperidine rings is 1. The van der Waals surface area contributed by atoms with Gasteiger partial charge in [0.1, 0.15) is 5.76 Å². The molecule has 0 aliphatic carbocycles. The second-order valence-electron chi connectivity index (χ2n) is 8.35. The van der Waals surface area contributed by atoms with Crippen LogP contribution in [0.25, 0.3) is 0 Å². The van der Waals surface area contributed by atoms with E-state index in [1.165, 1.54) is 11.1 Å². The SMILES string of the molecule is Cc1ccc(C(=O)N2CCC[C@]3(CCN3Cc3c(C)noc3C)C2)c(C)c1. The van der Waals surface area contributed by atoms with Gasteiger partial charge in [0.05, 0.1) is 5.69 Å². The lowest BCUT2D eigenvalue weighted by Crippen LogP contribution is -2.67. The Morgan fingerprint density at radius 1 is 1.19 bits per heavy atom. The van der Waals surface area contributed by atoms with Gasteiger partial charge in [-0.3, -0.25) is 9.69 Å². The van der Waals surface area contributed by atoms with Crippen LogP contribution in [0.2, 0.25) is 0 Å². The third-order valence-corrected chi connectivity index (χ3v) is 6.50. The molecule has 1 amide bonds. The van der Waals surface area contributed by atoms with Crippen LogP contribution < -0.4 is 0 Å². The van der Waals surface area contributed by atoms with Crippen molar-refractivity contribution in [3.05, 3.63) is 51.9 Å². The molecule has 0 saturated carbocycles. The zero-order valence-electron chi connectivity index (χ0n) is 16.8. The molecule has 0 bridgehead atoms. The molecular formula is C22H29N3O2. The normalized spacial score (nSPS) is 22.9. The molecule has 4 rings (SSSR count). The molecule has 2 saturated heterocycles. The van der Waals surface area contributed by atoms with Gasteiger partial charge >= 0.3 is 0 Å². The lowest BCUT2D eigenvalue weighted by atomic mass is 9.77. The van der Waals surface area contributed by atoms with Crippen LogP contribution in [-0.4, -0.2) is 46.0 Å². The fraction of sp³-hybridized carbons (Fsp3) is 0.545. The number of carbonyl (C=O) groups is 1. The molecule has 0 unspecified atom stereocenters. The molecule has 5 nitrogen and oxygen atoms in total. The third-order valence-electron chi connectivity index (χ3n) is 6.50. The maximum Gasteiger partial charge on any atom is 0.254 e. The van der Waals surface area contributed by atoms with Gasteiger partial charge in [-0.05, 0) is 58.6 Å². The van der Waals surface area contributed by atoms with Gasteiger partial charge in [-0.15, -0.1) is 0 Å². The number of aromatic nitrogens is 1. The highest BCUT2D eigenvalue weighted by Crippen LogP contribution is 2.40. The zero-order valence-corrected chi connectivity index (χ0v) is 16.8. The molecule has 5 heteroatoms. The van der Waals surface area contributed by atoms with Crippen molar-refractivity contribution in [2.24, 2.45) is 0 Å². The van der Waals surface area contributed by atoms with Crippen molar-refractivity contribution in [3.63, 3.8) is 0 Å². The fourth-order valence-corrected chi connectivity index (χ4v) is 4.72. The minimum absolute atomic E-state index is 0.114. The number of carbonyl (C=O) groups excluding carboxylic acids is 1. The zero-order chi connectivity index (χ0) is 19.2. The van der Waals surface area contributed by atoms with E-state index >= 15 is 0 Å². The first-order valence-electron chi connectivity index (χ1n) is 9.93. The summed E-state index contributed by atoms with van der Waals surface area (Å²) >= 11 is 0. The highest BCUT2D eigenvalue weighted by molar-refractivity contribution is 5.95. The molecule has 27 heavy (non-hydrogen) atoms. The molecular weight excluding hydrogens is 338 g/mol. The van der Waals surface area contributed by atoms with Gasteiger partial charge in [-0.2, -0.15) is 0 Å². The van der Waals surface area contributed by atoms with Crippen LogP contribution in [-0.2, 0) is 6.54 Å². The summed E-state index contributed by atoms with van der Waals surface area (Å²) in [5.74, 6) is 1.09. The Morgan fingerprint density at radius 3 is 2.63 bits per heavy atom. The van der Waals surface area contributed by atoms with Gasteiger partial charge < -0.3 is 9.42 Å². The topological polar surface area (TPSA) is 49.6 Å². The van der Waals surface area contributed by atoms with E-state index in [4.69, 9.17) is 4.52 Å². The van der Waals surface area contributed by atoms with Crippen LogP contribution in [0.1, 0.15) is 57.8 Å². The van der Waals surface area contributed by atoms with Crippen LogP contribution in [0.3, 0.4) is 0 Å². The number of benzene rings is 1. The molecule has 0 radical (unpaired) electrons. The first kappa shape index (κ1) is 18.2. The van der Waals surface area contributed by atoms with Crippen LogP contribution in [0, 0.1) is 27.7 Å². The van der Waals surface area contributed by atoms with Crippen LogP contribution in [0.5, 0.6) is 0 Å². The molecule has 2 aromatic rings. The number of aryl methyl sites for hydroxylation is 4. The lowest BCUT2D eigenvalue weighted by molar-refractivity contribution is -0.0651. The molecule has 1 aromatic heterocycles. The van der Waals surface area contributed by atoms with Crippen molar-refractivity contribution in [1.29, 1.82) is 0 Å². The quantitative estimate of drug-likeness (QED) is 0.828. The Kier molecular flexibility index (Phi) is 4.58. The minimum atomic E-state index is 0.114. The smallest absolute Gasteiger partial charge is 0.254 e. The second-order valence-corrected chi connectivity index (χ2v) is 8.35. The Hall–Kier alpha value is -2.14. The molecule has 144 valence electrons. The van der Waals surface area contributed by atoms with E-state index in [1.54, 1.807) is 0 Å². The summed E-state index contributed by atoms with van der Waals surface area (Å²) in [6.45, 7) is 11.7. The summed E-state index contributed by atoms with van der Waals surface area (Å²) in [4.78, 5) is 17.8. The average Bonchev–Trinajstić information content (AvgIpc) is 2.96. The number of hydrogen-bond acceptors (Lipinski definition) is 4. The standard InChI is InChI=1S/C22H29N3O2/c1-15-6-7-19(16(2)12-15)21(26)24-10-5-8-22(14-24)9-11-25(22)13-20-17(3)23-27-18(20)4/h6-7,12H,5,8-11,13-14H2,1-4H3/t22-/m0/s1. The van der Waals surface area contributed by atoms with Crippen molar-refractivity contribution in [1.82, 2.24) is 15.0 Å². The van der Waals surface area contributed by atoms with Crippen LogP contribution >= 0.6 is 0 Å². The van der Waals surface area contributed by atoms with Crippen LogP contribution in [0.4, 0.5) is 0 Å². The Balaban J connectivity index is 1.51. The third kappa shape index (κ3) is 3.18. The Bertz CT molecular complexity index is 853. The minimum Gasteiger partial charge on any atom is -0.361 e. The summed E-state index contributed by atoms with van der Waals surface area (Å²) in [5, 5.41) is 4.09. The van der Waals surface area contributed by atoms with Gasteiger partial charge in [0.15, 0.2) is 0 Å². The highest BCUT2D eigenvalue weighted by Gasteiger charge is 2.48. The number of rotatable bonds is 3. The summed E-state index contributed by atoms with van der Waals surface area (Å²) < 4.78 is 5.34. The summed E-state index contributed by atoms with van der Waals surface area (Å²) in [6.07, 6.45) is 3.38. The lowest BCUT2D eigenvalue weighted by Gasteiger charge is -2.57. The number of nitrogens with zero attached hydrogens (tertiary/aromatic N) is 3. The van der Waals surface area contributed by atoms with Gasteiger partial charge in [0, 0.05) is 42.8 Å². The molecule has 3 heterocycles. The predicted molar refractivity (Wildman–Crippen MR) is 105 cm³/mol. The molecule has 2 aliphatic rings. The van der Waals surface area contributed by atoms with E-state index in [0.29, 0.717) is 0 Å². The Morgan fingerprint density at radius 2 is 2.00 bits per heavy atom. The van der Waals surface area contributed by atoms with E-state index < -0.39 is 0 Å². The first-order chi connectivity index (χ1) is 12.9. The van der Waals surface area contributed by atoms with Gasteiger partial charge in [0.25, 0.3) is 5.91 Å². The molecule has 2 aliphatic heterocycles. The maximum absolute atomic E-state index is 13.2. The second kappa shape index (κ2) is 6.79. The van der Waals surface area contributed by atoms with Gasteiger partial charge in [0.2, 0.25) is 0 Å². The molecule has 0 N–H and O–H groups in total.